The maximum atomic E-state index is 12.7. The Morgan fingerprint density at radius 3 is 2.76 bits per heavy atom. The maximum Gasteiger partial charge on any atom is 0.291 e. The first kappa shape index (κ1) is 18.8. The van der Waals surface area contributed by atoms with Crippen LogP contribution in [0.15, 0.2) is 51.9 Å². The molecule has 0 aliphatic rings. The lowest BCUT2D eigenvalue weighted by atomic mass is 10.2. The molecular formula is C21H22N4O4. The molecule has 8 heteroatoms. The first-order chi connectivity index (χ1) is 14.1. The van der Waals surface area contributed by atoms with E-state index in [-0.39, 0.29) is 11.5 Å². The lowest BCUT2D eigenvalue weighted by Crippen LogP contribution is -2.27. The third-order valence-electron chi connectivity index (χ3n) is 4.89. The van der Waals surface area contributed by atoms with Crippen LogP contribution in [0.4, 0.5) is 0 Å². The first-order valence-corrected chi connectivity index (χ1v) is 9.43. The molecule has 1 amide bonds. The van der Waals surface area contributed by atoms with Crippen LogP contribution in [0.5, 0.6) is 5.75 Å². The number of hydrogen-bond acceptors (Lipinski definition) is 5. The van der Waals surface area contributed by atoms with E-state index >= 15 is 0 Å². The number of nitrogens with one attached hydrogen (secondary N) is 1. The number of carbonyl (C=O) groups is 1. The lowest BCUT2D eigenvalue weighted by molar-refractivity contribution is -0.121. The molecule has 29 heavy (non-hydrogen) atoms. The summed E-state index contributed by atoms with van der Waals surface area (Å²) in [5.41, 5.74) is 2.81. The van der Waals surface area contributed by atoms with Gasteiger partial charge in [-0.25, -0.2) is 4.68 Å². The smallest absolute Gasteiger partial charge is 0.291 e. The van der Waals surface area contributed by atoms with E-state index in [1.807, 2.05) is 37.3 Å². The Kier molecular flexibility index (Phi) is 5.07. The molecule has 1 aromatic carbocycles. The molecule has 0 atom stereocenters. The molecular weight excluding hydrogens is 372 g/mol. The van der Waals surface area contributed by atoms with Gasteiger partial charge in [0.1, 0.15) is 17.1 Å². The standard InChI is InChI=1S/C21H22N4O4/c1-14-23-24(21(27)18-12-19-17(25(14)18)9-11-29-19)10-3-4-20(26)22-13-15-5-7-16(28-2)8-6-15/h5-9,11-12H,3-4,10,13H2,1-2H3,(H,22,26). The highest BCUT2D eigenvalue weighted by Gasteiger charge is 2.14. The summed E-state index contributed by atoms with van der Waals surface area (Å²) in [5, 5.41) is 7.28. The number of rotatable bonds is 7. The predicted molar refractivity (Wildman–Crippen MR) is 108 cm³/mol. The molecule has 3 aromatic heterocycles. The van der Waals surface area contributed by atoms with Gasteiger partial charge in [-0.2, -0.15) is 5.10 Å². The minimum absolute atomic E-state index is 0.0631. The third-order valence-corrected chi connectivity index (χ3v) is 4.89. The van der Waals surface area contributed by atoms with E-state index in [1.54, 1.807) is 23.8 Å². The molecule has 0 aliphatic carbocycles. The van der Waals surface area contributed by atoms with Gasteiger partial charge in [0, 0.05) is 31.6 Å². The second-order valence-electron chi connectivity index (χ2n) is 6.84. The van der Waals surface area contributed by atoms with Gasteiger partial charge in [-0.15, -0.1) is 0 Å². The monoisotopic (exact) mass is 394 g/mol. The van der Waals surface area contributed by atoms with Crippen LogP contribution >= 0.6 is 0 Å². The zero-order valence-electron chi connectivity index (χ0n) is 16.3. The van der Waals surface area contributed by atoms with E-state index in [1.165, 1.54) is 4.68 Å². The van der Waals surface area contributed by atoms with Crippen molar-refractivity contribution in [1.82, 2.24) is 19.5 Å². The number of aryl methyl sites for hydroxylation is 2. The molecule has 150 valence electrons. The quantitative estimate of drug-likeness (QED) is 0.520. The van der Waals surface area contributed by atoms with Crippen LogP contribution < -0.4 is 15.6 Å². The summed E-state index contributed by atoms with van der Waals surface area (Å²) in [7, 11) is 1.62. The number of hydrogen-bond donors (Lipinski definition) is 1. The van der Waals surface area contributed by atoms with E-state index in [9.17, 15) is 9.59 Å². The van der Waals surface area contributed by atoms with Gasteiger partial charge in [-0.1, -0.05) is 12.1 Å². The SMILES string of the molecule is COc1ccc(CNC(=O)CCCn2nc(C)n3c(cc4occc43)c2=O)cc1. The summed E-state index contributed by atoms with van der Waals surface area (Å²) in [6.45, 7) is 2.67. The van der Waals surface area contributed by atoms with E-state index in [0.29, 0.717) is 42.9 Å². The summed E-state index contributed by atoms with van der Waals surface area (Å²) >= 11 is 0. The summed E-state index contributed by atoms with van der Waals surface area (Å²) in [5.74, 6) is 1.41. The normalized spacial score (nSPS) is 11.2. The molecule has 0 fully saturated rings. The number of ether oxygens (including phenoxy) is 1. The third kappa shape index (κ3) is 3.73. The van der Waals surface area contributed by atoms with E-state index in [2.05, 4.69) is 10.4 Å². The van der Waals surface area contributed by atoms with Crippen LogP contribution in [0, 0.1) is 6.92 Å². The average Bonchev–Trinajstić information content (AvgIpc) is 3.32. The van der Waals surface area contributed by atoms with Crippen LogP contribution in [0.3, 0.4) is 0 Å². The Hall–Kier alpha value is -3.55. The second kappa shape index (κ2) is 7.83. The first-order valence-electron chi connectivity index (χ1n) is 9.43. The fraction of sp³-hybridized carbons (Fsp3) is 0.286. The molecule has 1 N–H and O–H groups in total. The van der Waals surface area contributed by atoms with Crippen LogP contribution in [0.1, 0.15) is 24.2 Å². The topological polar surface area (TPSA) is 90.8 Å². The minimum Gasteiger partial charge on any atom is -0.497 e. The van der Waals surface area contributed by atoms with Gasteiger partial charge in [-0.3, -0.25) is 14.0 Å². The number of methoxy groups -OCH3 is 1. The molecule has 0 bridgehead atoms. The fourth-order valence-corrected chi connectivity index (χ4v) is 3.40. The van der Waals surface area contributed by atoms with Crippen LogP contribution in [0.25, 0.3) is 16.6 Å². The maximum absolute atomic E-state index is 12.7. The summed E-state index contributed by atoms with van der Waals surface area (Å²) in [4.78, 5) is 24.8. The molecule has 4 aromatic rings. The predicted octanol–water partition coefficient (Wildman–Crippen LogP) is 2.66. The van der Waals surface area contributed by atoms with Gasteiger partial charge in [0.05, 0.1) is 18.9 Å². The van der Waals surface area contributed by atoms with Crippen molar-refractivity contribution in [1.29, 1.82) is 0 Å². The highest BCUT2D eigenvalue weighted by Crippen LogP contribution is 2.20. The molecule has 0 radical (unpaired) electrons. The van der Waals surface area contributed by atoms with Gasteiger partial charge in [0.15, 0.2) is 5.58 Å². The number of fused-ring (bicyclic) bond motifs is 3. The van der Waals surface area contributed by atoms with Crippen molar-refractivity contribution in [3.8, 4) is 5.75 Å². The van der Waals surface area contributed by atoms with Gasteiger partial charge >= 0.3 is 0 Å². The molecule has 0 spiro atoms. The Bertz CT molecular complexity index is 1220. The zero-order chi connectivity index (χ0) is 20.4. The highest BCUT2D eigenvalue weighted by molar-refractivity contribution is 5.82. The van der Waals surface area contributed by atoms with Crippen molar-refractivity contribution >= 4 is 22.5 Å². The van der Waals surface area contributed by atoms with Gasteiger partial charge in [0.25, 0.3) is 5.56 Å². The Morgan fingerprint density at radius 2 is 2.00 bits per heavy atom. The molecule has 0 unspecified atom stereocenters. The van der Waals surface area contributed by atoms with E-state index in [4.69, 9.17) is 9.15 Å². The van der Waals surface area contributed by atoms with E-state index in [0.717, 1.165) is 16.8 Å². The molecule has 0 saturated carbocycles. The van der Waals surface area contributed by atoms with Gasteiger partial charge in [-0.05, 0) is 31.0 Å². The van der Waals surface area contributed by atoms with Crippen LogP contribution in [-0.2, 0) is 17.9 Å². The van der Waals surface area contributed by atoms with Crippen molar-refractivity contribution < 1.29 is 13.9 Å². The zero-order valence-corrected chi connectivity index (χ0v) is 16.3. The number of aromatic nitrogens is 3. The van der Waals surface area contributed by atoms with Gasteiger partial charge < -0.3 is 14.5 Å². The summed E-state index contributed by atoms with van der Waals surface area (Å²) in [6, 6.07) is 11.1. The van der Waals surface area contributed by atoms with Crippen molar-refractivity contribution in [2.24, 2.45) is 0 Å². The van der Waals surface area contributed by atoms with Crippen molar-refractivity contribution in [2.75, 3.05) is 7.11 Å². The molecule has 0 aliphatic heterocycles. The number of furan rings is 1. The molecule has 3 heterocycles. The largest absolute Gasteiger partial charge is 0.497 e. The molecule has 8 nitrogen and oxygen atoms in total. The fourth-order valence-electron chi connectivity index (χ4n) is 3.40. The average molecular weight is 394 g/mol. The second-order valence-corrected chi connectivity index (χ2v) is 6.84. The Balaban J connectivity index is 1.36. The lowest BCUT2D eigenvalue weighted by Gasteiger charge is -2.09. The van der Waals surface area contributed by atoms with Gasteiger partial charge in [0.2, 0.25) is 5.91 Å². The van der Waals surface area contributed by atoms with Crippen LogP contribution in [0.2, 0.25) is 0 Å². The molecule has 4 rings (SSSR count). The highest BCUT2D eigenvalue weighted by atomic mass is 16.5. The Labute approximate surface area is 166 Å². The summed E-state index contributed by atoms with van der Waals surface area (Å²) in [6.07, 6.45) is 2.43. The number of amides is 1. The number of benzene rings is 1. The van der Waals surface area contributed by atoms with Crippen molar-refractivity contribution in [2.45, 2.75) is 32.9 Å². The Morgan fingerprint density at radius 1 is 1.21 bits per heavy atom. The van der Waals surface area contributed by atoms with Crippen molar-refractivity contribution in [3.63, 3.8) is 0 Å². The number of nitrogens with zero attached hydrogens (tertiary/aromatic N) is 3. The molecule has 0 saturated heterocycles. The summed E-state index contributed by atoms with van der Waals surface area (Å²) < 4.78 is 13.7. The van der Waals surface area contributed by atoms with Crippen LogP contribution in [-0.4, -0.2) is 27.2 Å². The van der Waals surface area contributed by atoms with E-state index < -0.39 is 0 Å². The number of carbonyl (C=O) groups excluding carboxylic acids is 1. The van der Waals surface area contributed by atoms with Crippen molar-refractivity contribution in [3.05, 3.63) is 64.4 Å². The minimum atomic E-state index is -0.194.